The molecule has 0 bridgehead atoms. The Balaban J connectivity index is 2.52. The first-order valence-corrected chi connectivity index (χ1v) is 6.74. The van der Waals surface area contributed by atoms with E-state index in [4.69, 9.17) is 0 Å². The van der Waals surface area contributed by atoms with Crippen molar-refractivity contribution < 1.29 is 0 Å². The minimum Gasteiger partial charge on any atom is -0.370 e. The second-order valence-corrected chi connectivity index (χ2v) is 4.35. The van der Waals surface area contributed by atoms with Crippen LogP contribution in [-0.4, -0.2) is 47.1 Å². The molecule has 1 aromatic rings. The fourth-order valence-corrected chi connectivity index (χ4v) is 1.88. The molecule has 5 nitrogen and oxygen atoms in total. The van der Waals surface area contributed by atoms with E-state index in [2.05, 4.69) is 53.2 Å². The van der Waals surface area contributed by atoms with E-state index in [-0.39, 0.29) is 0 Å². The molecule has 1 rings (SSSR count). The van der Waals surface area contributed by atoms with Crippen LogP contribution in [0.25, 0.3) is 0 Å². The van der Waals surface area contributed by atoms with Crippen molar-refractivity contribution in [3.05, 3.63) is 12.4 Å². The zero-order chi connectivity index (χ0) is 13.4. The summed E-state index contributed by atoms with van der Waals surface area (Å²) in [7, 11) is 0. The van der Waals surface area contributed by atoms with Gasteiger partial charge in [0.2, 0.25) is 0 Å². The third-order valence-corrected chi connectivity index (χ3v) is 2.85. The molecule has 0 fully saturated rings. The van der Waals surface area contributed by atoms with Gasteiger partial charge in [-0.15, -0.1) is 0 Å². The average Bonchev–Trinajstić information content (AvgIpc) is 2.36. The Bertz CT molecular complexity index is 338. The summed E-state index contributed by atoms with van der Waals surface area (Å²) < 4.78 is 0. The van der Waals surface area contributed by atoms with Crippen LogP contribution in [0.4, 0.5) is 11.6 Å². The van der Waals surface area contributed by atoms with Crippen LogP contribution in [-0.2, 0) is 0 Å². The molecule has 5 heteroatoms. The van der Waals surface area contributed by atoms with E-state index >= 15 is 0 Å². The van der Waals surface area contributed by atoms with Crippen LogP contribution in [0.15, 0.2) is 12.4 Å². The quantitative estimate of drug-likeness (QED) is 0.740. The number of nitrogens with one attached hydrogen (secondary N) is 2. The van der Waals surface area contributed by atoms with Gasteiger partial charge in [-0.3, -0.25) is 0 Å². The number of hydrogen-bond donors (Lipinski definition) is 2. The van der Waals surface area contributed by atoms with Crippen LogP contribution in [0, 0.1) is 0 Å². The van der Waals surface area contributed by atoms with Gasteiger partial charge in [0, 0.05) is 25.2 Å². The Morgan fingerprint density at radius 2 is 1.83 bits per heavy atom. The Labute approximate surface area is 110 Å². The normalized spacial score (nSPS) is 12.5. The Morgan fingerprint density at radius 3 is 2.44 bits per heavy atom. The maximum atomic E-state index is 4.24. The predicted molar refractivity (Wildman–Crippen MR) is 77.1 cm³/mol. The lowest BCUT2D eigenvalue weighted by Gasteiger charge is -2.23. The van der Waals surface area contributed by atoms with Gasteiger partial charge in [-0.2, -0.15) is 0 Å². The molecule has 1 atom stereocenters. The Morgan fingerprint density at radius 1 is 1.17 bits per heavy atom. The Hall–Kier alpha value is -1.36. The molecule has 102 valence electrons. The molecular formula is C13H25N5. The number of likely N-dealkylation sites (N-methyl/N-ethyl adjacent to an activating group) is 1. The van der Waals surface area contributed by atoms with Gasteiger partial charge in [-0.1, -0.05) is 13.8 Å². The molecule has 2 N–H and O–H groups in total. The SMILES string of the molecule is CCNc1cc(NC(C)CN(CC)CC)ncn1. The molecule has 0 saturated heterocycles. The van der Waals surface area contributed by atoms with Gasteiger partial charge < -0.3 is 15.5 Å². The molecule has 0 aliphatic heterocycles. The highest BCUT2D eigenvalue weighted by atomic mass is 15.2. The van der Waals surface area contributed by atoms with Gasteiger partial charge in [0.15, 0.2) is 0 Å². The lowest BCUT2D eigenvalue weighted by molar-refractivity contribution is 0.294. The highest BCUT2D eigenvalue weighted by Gasteiger charge is 2.07. The van der Waals surface area contributed by atoms with E-state index in [1.165, 1.54) is 0 Å². The first kappa shape index (κ1) is 14.7. The van der Waals surface area contributed by atoms with Gasteiger partial charge >= 0.3 is 0 Å². The smallest absolute Gasteiger partial charge is 0.131 e. The van der Waals surface area contributed by atoms with Crippen LogP contribution in [0.2, 0.25) is 0 Å². The summed E-state index contributed by atoms with van der Waals surface area (Å²) in [6.07, 6.45) is 1.59. The first-order valence-electron chi connectivity index (χ1n) is 6.74. The standard InChI is InChI=1S/C13H25N5/c1-5-14-12-8-13(16-10-15-12)17-11(4)9-18(6-2)7-3/h8,10-11H,5-7,9H2,1-4H3,(H2,14,15,16,17). The van der Waals surface area contributed by atoms with E-state index in [0.29, 0.717) is 6.04 Å². The summed E-state index contributed by atoms with van der Waals surface area (Å²) in [5.41, 5.74) is 0. The van der Waals surface area contributed by atoms with E-state index < -0.39 is 0 Å². The van der Waals surface area contributed by atoms with E-state index in [1.54, 1.807) is 6.33 Å². The maximum Gasteiger partial charge on any atom is 0.131 e. The van der Waals surface area contributed by atoms with E-state index in [9.17, 15) is 0 Å². The van der Waals surface area contributed by atoms with Crippen LogP contribution in [0.3, 0.4) is 0 Å². The number of aromatic nitrogens is 2. The fraction of sp³-hybridized carbons (Fsp3) is 0.692. The second-order valence-electron chi connectivity index (χ2n) is 4.35. The molecular weight excluding hydrogens is 226 g/mol. The monoisotopic (exact) mass is 251 g/mol. The van der Waals surface area contributed by atoms with Gasteiger partial charge in [-0.05, 0) is 26.9 Å². The largest absolute Gasteiger partial charge is 0.370 e. The van der Waals surface area contributed by atoms with Crippen molar-refractivity contribution in [1.82, 2.24) is 14.9 Å². The molecule has 0 aromatic carbocycles. The minimum absolute atomic E-state index is 0.370. The third-order valence-electron chi connectivity index (χ3n) is 2.85. The van der Waals surface area contributed by atoms with Crippen molar-refractivity contribution in [2.24, 2.45) is 0 Å². The second kappa shape index (κ2) is 7.87. The molecule has 0 aliphatic carbocycles. The van der Waals surface area contributed by atoms with Crippen LogP contribution >= 0.6 is 0 Å². The summed E-state index contributed by atoms with van der Waals surface area (Å²) >= 11 is 0. The molecule has 0 amide bonds. The highest BCUT2D eigenvalue weighted by Crippen LogP contribution is 2.09. The van der Waals surface area contributed by atoms with Crippen molar-refractivity contribution in [2.75, 3.05) is 36.8 Å². The molecule has 0 spiro atoms. The minimum atomic E-state index is 0.370. The summed E-state index contributed by atoms with van der Waals surface area (Å²) in [6.45, 7) is 12.6. The zero-order valence-electron chi connectivity index (χ0n) is 11.9. The molecule has 1 aromatic heterocycles. The van der Waals surface area contributed by atoms with Crippen LogP contribution in [0.1, 0.15) is 27.7 Å². The Kier molecular flexibility index (Phi) is 6.43. The molecule has 0 radical (unpaired) electrons. The van der Waals surface area contributed by atoms with E-state index in [0.717, 1.165) is 37.8 Å². The fourth-order valence-electron chi connectivity index (χ4n) is 1.88. The summed E-state index contributed by atoms with van der Waals surface area (Å²) in [4.78, 5) is 10.8. The van der Waals surface area contributed by atoms with Gasteiger partial charge in [0.05, 0.1) is 0 Å². The predicted octanol–water partition coefficient (Wildman–Crippen LogP) is 2.05. The van der Waals surface area contributed by atoms with Crippen molar-refractivity contribution in [3.8, 4) is 0 Å². The topological polar surface area (TPSA) is 53.1 Å². The molecule has 18 heavy (non-hydrogen) atoms. The molecule has 1 unspecified atom stereocenters. The maximum absolute atomic E-state index is 4.24. The number of rotatable bonds is 8. The van der Waals surface area contributed by atoms with Crippen molar-refractivity contribution in [3.63, 3.8) is 0 Å². The zero-order valence-corrected chi connectivity index (χ0v) is 11.9. The van der Waals surface area contributed by atoms with Crippen LogP contribution < -0.4 is 10.6 Å². The van der Waals surface area contributed by atoms with Gasteiger partial charge in [-0.25, -0.2) is 9.97 Å². The van der Waals surface area contributed by atoms with Crippen LogP contribution in [0.5, 0.6) is 0 Å². The lowest BCUT2D eigenvalue weighted by Crippen LogP contribution is -2.34. The van der Waals surface area contributed by atoms with E-state index in [1.807, 2.05) is 6.07 Å². The molecule has 0 aliphatic rings. The first-order chi connectivity index (χ1) is 8.69. The van der Waals surface area contributed by atoms with Crippen molar-refractivity contribution >= 4 is 11.6 Å². The van der Waals surface area contributed by atoms with Gasteiger partial charge in [0.25, 0.3) is 0 Å². The molecule has 0 saturated carbocycles. The summed E-state index contributed by atoms with van der Waals surface area (Å²) in [6, 6.07) is 2.32. The van der Waals surface area contributed by atoms with Crippen molar-refractivity contribution in [2.45, 2.75) is 33.7 Å². The number of anilines is 2. The lowest BCUT2D eigenvalue weighted by atomic mass is 10.3. The summed E-state index contributed by atoms with van der Waals surface area (Å²) in [5, 5.41) is 6.59. The molecule has 1 heterocycles. The van der Waals surface area contributed by atoms with Gasteiger partial charge in [0.1, 0.15) is 18.0 Å². The highest BCUT2D eigenvalue weighted by molar-refractivity contribution is 5.46. The average molecular weight is 251 g/mol. The third kappa shape index (κ3) is 4.87. The van der Waals surface area contributed by atoms with Crippen molar-refractivity contribution in [1.29, 1.82) is 0 Å². The number of hydrogen-bond acceptors (Lipinski definition) is 5. The number of nitrogens with zero attached hydrogens (tertiary/aromatic N) is 3. The summed E-state index contributed by atoms with van der Waals surface area (Å²) in [5.74, 6) is 1.74.